The van der Waals surface area contributed by atoms with Crippen LogP contribution in [0.1, 0.15) is 87.0 Å². The molecule has 0 heterocycles. The van der Waals surface area contributed by atoms with Crippen LogP contribution in [0.3, 0.4) is 0 Å². The van der Waals surface area contributed by atoms with E-state index in [-0.39, 0.29) is 12.1 Å². The highest BCUT2D eigenvalue weighted by Gasteiger charge is 2.40. The van der Waals surface area contributed by atoms with Gasteiger partial charge in [-0.25, -0.2) is 0 Å². The summed E-state index contributed by atoms with van der Waals surface area (Å²) < 4.78 is 11.8. The minimum Gasteiger partial charge on any atom is -0.458 e. The summed E-state index contributed by atoms with van der Waals surface area (Å²) in [6.45, 7) is 13.2. The summed E-state index contributed by atoms with van der Waals surface area (Å²) in [5.41, 5.74) is 9.03. The first kappa shape index (κ1) is 23.9. The van der Waals surface area contributed by atoms with Gasteiger partial charge in [-0.05, 0) is 46.0 Å². The third-order valence-electron chi connectivity index (χ3n) is 5.49. The molecule has 25 heavy (non-hydrogen) atoms. The average Bonchev–Trinajstić information content (AvgIpc) is 2.58. The molecule has 2 atom stereocenters. The van der Waals surface area contributed by atoms with E-state index in [0.29, 0.717) is 38.5 Å². The van der Waals surface area contributed by atoms with Gasteiger partial charge in [0.2, 0.25) is 5.91 Å². The van der Waals surface area contributed by atoms with Crippen LogP contribution in [0.2, 0.25) is 0 Å². The first-order valence-electron chi connectivity index (χ1n) is 9.48. The maximum atomic E-state index is 12.5. The number of hydrogen-bond donors (Lipinski definition) is 2. The van der Waals surface area contributed by atoms with E-state index in [2.05, 4.69) is 0 Å². The Bertz CT molecular complexity index is 445. The Morgan fingerprint density at radius 3 is 1.76 bits per heavy atom. The molecule has 0 saturated heterocycles. The standard InChI is InChI=1S/C19H38N2O4/c1-8-17(7,25-16(23)18(21,9-2)10-3)13-14(6)24-19(11-4,12-5)15(20)22/h14H,8-13,21H2,1-7H3,(H2,20,22). The lowest BCUT2D eigenvalue weighted by atomic mass is 9.91. The van der Waals surface area contributed by atoms with Gasteiger partial charge in [-0.3, -0.25) is 9.59 Å². The Morgan fingerprint density at radius 1 is 0.960 bits per heavy atom. The zero-order valence-electron chi connectivity index (χ0n) is 17.1. The molecule has 0 aromatic carbocycles. The van der Waals surface area contributed by atoms with Gasteiger partial charge in [0, 0.05) is 6.42 Å². The van der Waals surface area contributed by atoms with Crippen LogP contribution in [0, 0.1) is 0 Å². The highest BCUT2D eigenvalue weighted by atomic mass is 16.6. The summed E-state index contributed by atoms with van der Waals surface area (Å²) in [6.07, 6.45) is 2.84. The predicted molar refractivity (Wildman–Crippen MR) is 100.0 cm³/mol. The molecule has 0 aromatic rings. The third kappa shape index (κ3) is 5.96. The first-order valence-corrected chi connectivity index (χ1v) is 9.48. The van der Waals surface area contributed by atoms with Crippen molar-refractivity contribution in [3.05, 3.63) is 0 Å². The summed E-state index contributed by atoms with van der Waals surface area (Å²) in [6, 6.07) is 0. The molecule has 0 fully saturated rings. The van der Waals surface area contributed by atoms with Crippen LogP contribution in [0.4, 0.5) is 0 Å². The van der Waals surface area contributed by atoms with Crippen LogP contribution in [-0.2, 0) is 19.1 Å². The molecule has 0 aliphatic carbocycles. The molecular weight excluding hydrogens is 320 g/mol. The van der Waals surface area contributed by atoms with Crippen LogP contribution < -0.4 is 11.5 Å². The van der Waals surface area contributed by atoms with E-state index >= 15 is 0 Å². The molecule has 0 rings (SSSR count). The molecule has 0 bridgehead atoms. The molecule has 0 radical (unpaired) electrons. The average molecular weight is 359 g/mol. The lowest BCUT2D eigenvalue weighted by Gasteiger charge is -2.38. The van der Waals surface area contributed by atoms with Crippen molar-refractivity contribution >= 4 is 11.9 Å². The van der Waals surface area contributed by atoms with Gasteiger partial charge in [0.15, 0.2) is 0 Å². The molecule has 1 amide bonds. The fraction of sp³-hybridized carbons (Fsp3) is 0.895. The van der Waals surface area contributed by atoms with E-state index in [4.69, 9.17) is 20.9 Å². The number of amides is 1. The van der Waals surface area contributed by atoms with E-state index in [0.717, 1.165) is 0 Å². The van der Waals surface area contributed by atoms with Gasteiger partial charge in [-0.1, -0.05) is 34.6 Å². The number of ether oxygens (including phenoxy) is 2. The molecule has 0 aromatic heterocycles. The Morgan fingerprint density at radius 2 is 1.44 bits per heavy atom. The fourth-order valence-electron chi connectivity index (χ4n) is 2.98. The Hall–Kier alpha value is -1.14. The van der Waals surface area contributed by atoms with Gasteiger partial charge in [0.25, 0.3) is 0 Å². The monoisotopic (exact) mass is 358 g/mol. The summed E-state index contributed by atoms with van der Waals surface area (Å²) in [5.74, 6) is -0.848. The molecule has 6 nitrogen and oxygen atoms in total. The normalized spacial score (nSPS) is 16.2. The summed E-state index contributed by atoms with van der Waals surface area (Å²) in [4.78, 5) is 24.4. The Labute approximate surface area is 153 Å². The number of primary amides is 1. The number of carbonyl (C=O) groups excluding carboxylic acids is 2. The molecule has 2 unspecified atom stereocenters. The van der Waals surface area contributed by atoms with Crippen molar-refractivity contribution in [2.75, 3.05) is 0 Å². The lowest BCUT2D eigenvalue weighted by molar-refractivity contribution is -0.176. The zero-order chi connectivity index (χ0) is 19.9. The number of carbonyl (C=O) groups is 2. The van der Waals surface area contributed by atoms with E-state index in [1.54, 1.807) is 0 Å². The van der Waals surface area contributed by atoms with E-state index in [1.807, 2.05) is 48.5 Å². The molecule has 4 N–H and O–H groups in total. The van der Waals surface area contributed by atoms with Crippen molar-refractivity contribution in [2.24, 2.45) is 11.5 Å². The van der Waals surface area contributed by atoms with Crippen LogP contribution in [0.15, 0.2) is 0 Å². The predicted octanol–water partition coefficient (Wildman–Crippen LogP) is 3.06. The SMILES string of the molecule is CCC(C)(CC(C)OC(CC)(CC)C(N)=O)OC(=O)C(N)(CC)CC. The van der Waals surface area contributed by atoms with Crippen LogP contribution in [-0.4, -0.2) is 34.7 Å². The van der Waals surface area contributed by atoms with Crippen molar-refractivity contribution in [1.29, 1.82) is 0 Å². The van der Waals surface area contributed by atoms with Crippen molar-refractivity contribution in [1.82, 2.24) is 0 Å². The Kier molecular flexibility index (Phi) is 9.09. The number of rotatable bonds is 12. The van der Waals surface area contributed by atoms with Crippen molar-refractivity contribution in [3.63, 3.8) is 0 Å². The maximum Gasteiger partial charge on any atom is 0.326 e. The maximum absolute atomic E-state index is 12.5. The zero-order valence-corrected chi connectivity index (χ0v) is 17.1. The number of hydrogen-bond acceptors (Lipinski definition) is 5. The smallest absolute Gasteiger partial charge is 0.326 e. The highest BCUT2D eigenvalue weighted by Crippen LogP contribution is 2.30. The van der Waals surface area contributed by atoms with Crippen molar-refractivity contribution in [2.45, 2.75) is 110 Å². The molecular formula is C19H38N2O4. The van der Waals surface area contributed by atoms with Gasteiger partial charge >= 0.3 is 5.97 Å². The van der Waals surface area contributed by atoms with Gasteiger partial charge in [0.05, 0.1) is 6.10 Å². The molecule has 0 aliphatic heterocycles. The van der Waals surface area contributed by atoms with Crippen molar-refractivity contribution in [3.8, 4) is 0 Å². The molecule has 0 spiro atoms. The highest BCUT2D eigenvalue weighted by molar-refractivity contribution is 5.83. The van der Waals surface area contributed by atoms with E-state index in [1.165, 1.54) is 0 Å². The van der Waals surface area contributed by atoms with Crippen LogP contribution in [0.25, 0.3) is 0 Å². The summed E-state index contributed by atoms with van der Waals surface area (Å²) in [5, 5.41) is 0. The van der Waals surface area contributed by atoms with Crippen LogP contribution >= 0.6 is 0 Å². The van der Waals surface area contributed by atoms with E-state index < -0.39 is 22.6 Å². The summed E-state index contributed by atoms with van der Waals surface area (Å²) in [7, 11) is 0. The minimum atomic E-state index is -0.984. The lowest BCUT2D eigenvalue weighted by Crippen LogP contribution is -2.52. The topological polar surface area (TPSA) is 105 Å². The van der Waals surface area contributed by atoms with Crippen molar-refractivity contribution < 1.29 is 19.1 Å². The second-order valence-electron chi connectivity index (χ2n) is 7.25. The summed E-state index contributed by atoms with van der Waals surface area (Å²) >= 11 is 0. The molecule has 148 valence electrons. The minimum absolute atomic E-state index is 0.291. The van der Waals surface area contributed by atoms with Gasteiger partial charge in [0.1, 0.15) is 16.7 Å². The largest absolute Gasteiger partial charge is 0.458 e. The second-order valence-corrected chi connectivity index (χ2v) is 7.25. The number of esters is 1. The molecule has 0 aliphatic rings. The third-order valence-corrected chi connectivity index (χ3v) is 5.49. The quantitative estimate of drug-likeness (QED) is 0.522. The fourth-order valence-corrected chi connectivity index (χ4v) is 2.98. The molecule has 0 saturated carbocycles. The molecule has 6 heteroatoms. The van der Waals surface area contributed by atoms with E-state index in [9.17, 15) is 9.59 Å². The van der Waals surface area contributed by atoms with Gasteiger partial charge < -0.3 is 20.9 Å². The first-order chi connectivity index (χ1) is 11.5. The number of nitrogens with two attached hydrogens (primary N) is 2. The van der Waals surface area contributed by atoms with Gasteiger partial charge in [-0.2, -0.15) is 0 Å². The second kappa shape index (κ2) is 9.53. The van der Waals surface area contributed by atoms with Crippen LogP contribution in [0.5, 0.6) is 0 Å². The van der Waals surface area contributed by atoms with Gasteiger partial charge in [-0.15, -0.1) is 0 Å². The Balaban J connectivity index is 5.17.